The molecule has 1 saturated carbocycles. The first-order valence-electron chi connectivity index (χ1n) is 7.66. The van der Waals surface area contributed by atoms with Crippen LogP contribution in [0.4, 0.5) is 5.69 Å². The predicted molar refractivity (Wildman–Crippen MR) is 91.0 cm³/mol. The number of anilines is 1. The van der Waals surface area contributed by atoms with E-state index in [9.17, 15) is 14.7 Å². The van der Waals surface area contributed by atoms with E-state index in [0.29, 0.717) is 11.3 Å². The monoisotopic (exact) mass is 323 g/mol. The van der Waals surface area contributed by atoms with Gasteiger partial charge in [-0.25, -0.2) is 5.43 Å². The Morgan fingerprint density at radius 2 is 1.79 bits per heavy atom. The number of amides is 2. The van der Waals surface area contributed by atoms with Crippen LogP contribution in [0.3, 0.4) is 0 Å². The standard InChI is InChI=1S/C18H17N3O3/c22-14-9-5-12(6-10-14)11-19-21-18(24)15-3-1-2-4-16(15)20-17(23)13-7-8-13/h1-6,9-11,13,22H,7-8H2,(H,20,23)(H,21,24)/b19-11+. The summed E-state index contributed by atoms with van der Waals surface area (Å²) in [6, 6.07) is 13.2. The SMILES string of the molecule is O=C(N/N=C/c1ccc(O)cc1)c1ccccc1NC(=O)C1CC1. The van der Waals surface area contributed by atoms with Gasteiger partial charge in [0, 0.05) is 5.92 Å². The van der Waals surface area contributed by atoms with E-state index in [2.05, 4.69) is 15.8 Å². The zero-order valence-corrected chi connectivity index (χ0v) is 12.9. The minimum absolute atomic E-state index is 0.0529. The van der Waals surface area contributed by atoms with Gasteiger partial charge < -0.3 is 10.4 Å². The smallest absolute Gasteiger partial charge is 0.273 e. The number of hydrazone groups is 1. The van der Waals surface area contributed by atoms with Crippen LogP contribution in [0.25, 0.3) is 0 Å². The maximum absolute atomic E-state index is 12.3. The van der Waals surface area contributed by atoms with E-state index in [1.807, 2.05) is 0 Å². The van der Waals surface area contributed by atoms with Gasteiger partial charge in [0.05, 0.1) is 17.5 Å². The minimum Gasteiger partial charge on any atom is -0.508 e. The fraction of sp³-hybridized carbons (Fsp3) is 0.167. The zero-order valence-electron chi connectivity index (χ0n) is 12.9. The Bertz CT molecular complexity index is 780. The Kier molecular flexibility index (Phi) is 4.56. The molecular weight excluding hydrogens is 306 g/mol. The van der Waals surface area contributed by atoms with Crippen molar-refractivity contribution < 1.29 is 14.7 Å². The van der Waals surface area contributed by atoms with E-state index in [1.165, 1.54) is 18.3 Å². The predicted octanol–water partition coefficient (Wildman–Crippen LogP) is 2.50. The van der Waals surface area contributed by atoms with Crippen molar-refractivity contribution in [2.75, 3.05) is 5.32 Å². The van der Waals surface area contributed by atoms with Crippen molar-refractivity contribution in [1.82, 2.24) is 5.43 Å². The number of aromatic hydroxyl groups is 1. The third kappa shape index (κ3) is 3.98. The second kappa shape index (κ2) is 6.95. The second-order valence-corrected chi connectivity index (χ2v) is 5.60. The average Bonchev–Trinajstić information content (AvgIpc) is 3.42. The number of phenolic OH excluding ortho intramolecular Hbond substituents is 1. The molecule has 1 fully saturated rings. The number of hydrogen-bond acceptors (Lipinski definition) is 4. The normalized spacial score (nSPS) is 13.7. The number of nitrogens with one attached hydrogen (secondary N) is 2. The molecule has 0 bridgehead atoms. The first-order chi connectivity index (χ1) is 11.6. The summed E-state index contributed by atoms with van der Waals surface area (Å²) in [5.74, 6) is -0.232. The fourth-order valence-corrected chi connectivity index (χ4v) is 2.16. The molecule has 122 valence electrons. The maximum atomic E-state index is 12.3. The van der Waals surface area contributed by atoms with E-state index in [4.69, 9.17) is 0 Å². The molecule has 2 amide bonds. The molecule has 0 aliphatic heterocycles. The zero-order chi connectivity index (χ0) is 16.9. The van der Waals surface area contributed by atoms with Gasteiger partial charge in [-0.2, -0.15) is 5.10 Å². The van der Waals surface area contributed by atoms with E-state index in [-0.39, 0.29) is 17.6 Å². The third-order valence-electron chi connectivity index (χ3n) is 3.65. The topological polar surface area (TPSA) is 90.8 Å². The Labute approximate surface area is 139 Å². The Hall–Kier alpha value is -3.15. The Morgan fingerprint density at radius 1 is 1.08 bits per heavy atom. The van der Waals surface area contributed by atoms with E-state index in [1.54, 1.807) is 36.4 Å². The molecule has 24 heavy (non-hydrogen) atoms. The lowest BCUT2D eigenvalue weighted by Crippen LogP contribution is -2.21. The number of benzene rings is 2. The average molecular weight is 323 g/mol. The first-order valence-corrected chi connectivity index (χ1v) is 7.66. The highest BCUT2D eigenvalue weighted by Gasteiger charge is 2.30. The van der Waals surface area contributed by atoms with Crippen molar-refractivity contribution in [3.63, 3.8) is 0 Å². The van der Waals surface area contributed by atoms with E-state index in [0.717, 1.165) is 18.4 Å². The number of phenols is 1. The molecule has 6 nitrogen and oxygen atoms in total. The maximum Gasteiger partial charge on any atom is 0.273 e. The summed E-state index contributed by atoms with van der Waals surface area (Å²) >= 11 is 0. The van der Waals surface area contributed by atoms with Gasteiger partial charge in [-0.3, -0.25) is 9.59 Å². The second-order valence-electron chi connectivity index (χ2n) is 5.60. The van der Waals surface area contributed by atoms with Crippen LogP contribution in [0.1, 0.15) is 28.8 Å². The molecule has 0 aromatic heterocycles. The summed E-state index contributed by atoms with van der Waals surface area (Å²) in [6.45, 7) is 0. The van der Waals surface area contributed by atoms with Gasteiger partial charge in [0.2, 0.25) is 5.91 Å². The molecule has 2 aromatic carbocycles. The van der Waals surface area contributed by atoms with Crippen molar-refractivity contribution in [3.8, 4) is 5.75 Å². The summed E-state index contributed by atoms with van der Waals surface area (Å²) in [4.78, 5) is 24.1. The molecule has 3 rings (SSSR count). The van der Waals surface area contributed by atoms with Gasteiger partial charge >= 0.3 is 0 Å². The van der Waals surface area contributed by atoms with Gasteiger partial charge in [-0.15, -0.1) is 0 Å². The van der Waals surface area contributed by atoms with Crippen molar-refractivity contribution >= 4 is 23.7 Å². The molecule has 0 unspecified atom stereocenters. The van der Waals surface area contributed by atoms with Crippen LogP contribution in [0.5, 0.6) is 5.75 Å². The molecule has 0 heterocycles. The molecule has 0 saturated heterocycles. The minimum atomic E-state index is -0.406. The number of carbonyl (C=O) groups is 2. The van der Waals surface area contributed by atoms with Gasteiger partial charge in [0.15, 0.2) is 0 Å². The van der Waals surface area contributed by atoms with Gasteiger partial charge in [0.1, 0.15) is 5.75 Å². The van der Waals surface area contributed by atoms with Crippen molar-refractivity contribution in [3.05, 3.63) is 59.7 Å². The number of nitrogens with zero attached hydrogens (tertiary/aromatic N) is 1. The van der Waals surface area contributed by atoms with Crippen LogP contribution in [0.15, 0.2) is 53.6 Å². The highest BCUT2D eigenvalue weighted by molar-refractivity contribution is 6.04. The molecule has 0 atom stereocenters. The summed E-state index contributed by atoms with van der Waals surface area (Å²) in [6.07, 6.45) is 3.27. The van der Waals surface area contributed by atoms with Crippen LogP contribution in [-0.2, 0) is 4.79 Å². The lowest BCUT2D eigenvalue weighted by atomic mass is 10.1. The van der Waals surface area contributed by atoms with Gasteiger partial charge in [-0.1, -0.05) is 12.1 Å². The van der Waals surface area contributed by atoms with Crippen LogP contribution >= 0.6 is 0 Å². The number of rotatable bonds is 5. The molecular formula is C18H17N3O3. The largest absolute Gasteiger partial charge is 0.508 e. The van der Waals surface area contributed by atoms with Crippen molar-refractivity contribution in [2.24, 2.45) is 11.0 Å². The molecule has 1 aliphatic rings. The molecule has 1 aliphatic carbocycles. The molecule has 0 radical (unpaired) electrons. The number of carbonyl (C=O) groups excluding carboxylic acids is 2. The van der Waals surface area contributed by atoms with Crippen LogP contribution in [0.2, 0.25) is 0 Å². The number of para-hydroxylation sites is 1. The Balaban J connectivity index is 1.66. The molecule has 6 heteroatoms. The third-order valence-corrected chi connectivity index (χ3v) is 3.65. The van der Waals surface area contributed by atoms with Crippen molar-refractivity contribution in [2.45, 2.75) is 12.8 Å². The summed E-state index contributed by atoms with van der Waals surface area (Å²) in [5, 5.41) is 15.9. The summed E-state index contributed by atoms with van der Waals surface area (Å²) in [5.41, 5.74) is 4.01. The quantitative estimate of drug-likeness (QED) is 0.583. The highest BCUT2D eigenvalue weighted by Crippen LogP contribution is 2.30. The summed E-state index contributed by atoms with van der Waals surface area (Å²) in [7, 11) is 0. The van der Waals surface area contributed by atoms with Crippen LogP contribution in [-0.4, -0.2) is 23.1 Å². The molecule has 3 N–H and O–H groups in total. The van der Waals surface area contributed by atoms with Gasteiger partial charge in [0.25, 0.3) is 5.91 Å². The first kappa shape index (κ1) is 15.7. The lowest BCUT2D eigenvalue weighted by Gasteiger charge is -2.09. The van der Waals surface area contributed by atoms with E-state index >= 15 is 0 Å². The highest BCUT2D eigenvalue weighted by atomic mass is 16.3. The summed E-state index contributed by atoms with van der Waals surface area (Å²) < 4.78 is 0. The van der Waals surface area contributed by atoms with Gasteiger partial charge in [-0.05, 0) is 54.8 Å². The lowest BCUT2D eigenvalue weighted by molar-refractivity contribution is -0.117. The molecule has 0 spiro atoms. The number of hydrogen-bond donors (Lipinski definition) is 3. The van der Waals surface area contributed by atoms with Crippen LogP contribution in [0, 0.1) is 5.92 Å². The van der Waals surface area contributed by atoms with E-state index < -0.39 is 5.91 Å². The van der Waals surface area contributed by atoms with Crippen LogP contribution < -0.4 is 10.7 Å². The molecule has 2 aromatic rings. The fourth-order valence-electron chi connectivity index (χ4n) is 2.16. The van der Waals surface area contributed by atoms with Crippen molar-refractivity contribution in [1.29, 1.82) is 0 Å². The Morgan fingerprint density at radius 3 is 2.50 bits per heavy atom.